The SMILES string of the molecule is O=C(c1csc(C2CCN(C(=O)c3ccccc3-c3ccc(C(F)(F)F)cc3)CC2)n1)N1CCC2CCCCC2C1. The van der Waals surface area contributed by atoms with Crippen LogP contribution in [-0.2, 0) is 6.18 Å². The van der Waals surface area contributed by atoms with E-state index in [1.807, 2.05) is 15.2 Å². The maximum absolute atomic E-state index is 13.5. The zero-order valence-corrected chi connectivity index (χ0v) is 23.7. The third kappa shape index (κ3) is 5.92. The van der Waals surface area contributed by atoms with Gasteiger partial charge in [-0.05, 0) is 66.8 Å². The van der Waals surface area contributed by atoms with Gasteiger partial charge in [0.2, 0.25) is 0 Å². The van der Waals surface area contributed by atoms with Gasteiger partial charge in [-0.25, -0.2) is 4.98 Å². The van der Waals surface area contributed by atoms with E-state index in [0.717, 1.165) is 55.4 Å². The molecule has 2 aliphatic heterocycles. The molecule has 1 aliphatic carbocycles. The topological polar surface area (TPSA) is 53.5 Å². The van der Waals surface area contributed by atoms with Gasteiger partial charge < -0.3 is 9.80 Å². The average molecular weight is 582 g/mol. The van der Waals surface area contributed by atoms with E-state index in [2.05, 4.69) is 0 Å². The minimum absolute atomic E-state index is 0.0454. The van der Waals surface area contributed by atoms with Crippen LogP contribution < -0.4 is 0 Å². The number of carbonyl (C=O) groups excluding carboxylic acids is 2. The molecule has 3 aromatic rings. The van der Waals surface area contributed by atoms with E-state index in [0.29, 0.717) is 41.4 Å². The van der Waals surface area contributed by atoms with Gasteiger partial charge in [0.25, 0.3) is 11.8 Å². The molecule has 9 heteroatoms. The van der Waals surface area contributed by atoms with Crippen molar-refractivity contribution >= 4 is 23.2 Å². The largest absolute Gasteiger partial charge is 0.416 e. The van der Waals surface area contributed by atoms with Crippen LogP contribution in [0.15, 0.2) is 53.9 Å². The van der Waals surface area contributed by atoms with E-state index in [1.165, 1.54) is 49.2 Å². The number of aromatic nitrogens is 1. The molecule has 3 aliphatic rings. The first-order chi connectivity index (χ1) is 19.8. The first kappa shape index (κ1) is 27.9. The zero-order valence-electron chi connectivity index (χ0n) is 22.9. The molecule has 6 rings (SSSR count). The van der Waals surface area contributed by atoms with Crippen molar-refractivity contribution < 1.29 is 22.8 Å². The molecule has 1 saturated carbocycles. The highest BCUT2D eigenvalue weighted by atomic mass is 32.1. The lowest BCUT2D eigenvalue weighted by Crippen LogP contribution is -2.44. The van der Waals surface area contributed by atoms with Crippen molar-refractivity contribution in [2.75, 3.05) is 26.2 Å². The smallest absolute Gasteiger partial charge is 0.339 e. The lowest BCUT2D eigenvalue weighted by atomic mass is 9.75. The number of rotatable bonds is 4. The number of carbonyl (C=O) groups is 2. The van der Waals surface area contributed by atoms with Gasteiger partial charge in [-0.15, -0.1) is 11.3 Å². The lowest BCUT2D eigenvalue weighted by Gasteiger charge is -2.41. The van der Waals surface area contributed by atoms with Gasteiger partial charge in [0, 0.05) is 43.0 Å². The first-order valence-electron chi connectivity index (χ1n) is 14.6. The number of hydrogen-bond donors (Lipinski definition) is 0. The van der Waals surface area contributed by atoms with Gasteiger partial charge in [-0.1, -0.05) is 49.6 Å². The molecule has 3 heterocycles. The summed E-state index contributed by atoms with van der Waals surface area (Å²) in [7, 11) is 0. The molecule has 5 nitrogen and oxygen atoms in total. The zero-order chi connectivity index (χ0) is 28.6. The maximum atomic E-state index is 13.5. The fraction of sp³-hybridized carbons (Fsp3) is 0.469. The fourth-order valence-corrected chi connectivity index (χ4v) is 7.75. The summed E-state index contributed by atoms with van der Waals surface area (Å²) < 4.78 is 39.1. The molecule has 2 saturated heterocycles. The molecule has 0 spiro atoms. The van der Waals surface area contributed by atoms with Crippen molar-refractivity contribution in [2.24, 2.45) is 11.8 Å². The van der Waals surface area contributed by atoms with E-state index < -0.39 is 11.7 Å². The molecular weight excluding hydrogens is 547 g/mol. The van der Waals surface area contributed by atoms with Crippen molar-refractivity contribution in [2.45, 2.75) is 57.0 Å². The van der Waals surface area contributed by atoms with Gasteiger partial charge in [-0.3, -0.25) is 9.59 Å². The van der Waals surface area contributed by atoms with Crippen LogP contribution >= 0.6 is 11.3 Å². The Balaban J connectivity index is 1.08. The molecule has 1 aromatic heterocycles. The highest BCUT2D eigenvalue weighted by Gasteiger charge is 2.35. The highest BCUT2D eigenvalue weighted by Crippen LogP contribution is 2.37. The van der Waals surface area contributed by atoms with Crippen molar-refractivity contribution in [3.05, 3.63) is 75.7 Å². The minimum atomic E-state index is -4.41. The molecule has 3 fully saturated rings. The molecule has 41 heavy (non-hydrogen) atoms. The summed E-state index contributed by atoms with van der Waals surface area (Å²) in [5.41, 5.74) is 1.50. The molecule has 2 unspecified atom stereocenters. The fourth-order valence-electron chi connectivity index (χ4n) is 6.78. The number of likely N-dealkylation sites (tertiary alicyclic amines) is 2. The number of nitrogens with zero attached hydrogens (tertiary/aromatic N) is 3. The Morgan fingerprint density at radius 2 is 1.49 bits per heavy atom. The number of thiazole rings is 1. The van der Waals surface area contributed by atoms with Gasteiger partial charge in [0.05, 0.1) is 10.6 Å². The number of hydrogen-bond acceptors (Lipinski definition) is 4. The van der Waals surface area contributed by atoms with Crippen molar-refractivity contribution in [1.29, 1.82) is 0 Å². The summed E-state index contributed by atoms with van der Waals surface area (Å²) in [6.07, 6.45) is 3.31. The normalized spacial score (nSPS) is 21.9. The molecule has 0 radical (unpaired) electrons. The second kappa shape index (κ2) is 11.6. The molecule has 0 N–H and O–H groups in total. The summed E-state index contributed by atoms with van der Waals surface area (Å²) in [5.74, 6) is 1.52. The standard InChI is InChI=1S/C32H34F3N3O2S/c33-32(34,35)25-11-9-22(10-12-25)26-7-3-4-8-27(26)30(39)37-16-14-23(15-17-37)29-36-28(20-41-29)31(40)38-18-13-21-5-1-2-6-24(21)19-38/h3-4,7-12,20-21,23-24H,1-2,5-6,13-19H2. The number of halogens is 3. The minimum Gasteiger partial charge on any atom is -0.339 e. The van der Waals surface area contributed by atoms with E-state index in [4.69, 9.17) is 4.98 Å². The lowest BCUT2D eigenvalue weighted by molar-refractivity contribution is -0.137. The highest BCUT2D eigenvalue weighted by molar-refractivity contribution is 7.09. The molecule has 2 atom stereocenters. The first-order valence-corrected chi connectivity index (χ1v) is 15.5. The Labute approximate surface area is 242 Å². The molecule has 2 amide bonds. The van der Waals surface area contributed by atoms with Crippen LogP contribution in [0.2, 0.25) is 0 Å². The van der Waals surface area contributed by atoms with Gasteiger partial charge in [0.1, 0.15) is 5.69 Å². The van der Waals surface area contributed by atoms with E-state index in [-0.39, 0.29) is 17.7 Å². The Kier molecular flexibility index (Phi) is 7.90. The number of alkyl halides is 3. The Morgan fingerprint density at radius 3 is 2.22 bits per heavy atom. The monoisotopic (exact) mass is 581 g/mol. The quantitative estimate of drug-likeness (QED) is 0.321. The summed E-state index contributed by atoms with van der Waals surface area (Å²) >= 11 is 1.54. The number of fused-ring (bicyclic) bond motifs is 1. The van der Waals surface area contributed by atoms with Gasteiger partial charge in [-0.2, -0.15) is 13.2 Å². The van der Waals surface area contributed by atoms with Crippen molar-refractivity contribution in [1.82, 2.24) is 14.8 Å². The molecule has 216 valence electrons. The molecule has 0 bridgehead atoms. The third-order valence-electron chi connectivity index (χ3n) is 9.13. The van der Waals surface area contributed by atoms with Crippen LogP contribution in [0.5, 0.6) is 0 Å². The second-order valence-corrected chi connectivity index (χ2v) is 12.5. The van der Waals surface area contributed by atoms with Crippen molar-refractivity contribution in [3.8, 4) is 11.1 Å². The van der Waals surface area contributed by atoms with E-state index in [1.54, 1.807) is 24.3 Å². The van der Waals surface area contributed by atoms with Gasteiger partial charge >= 0.3 is 6.18 Å². The van der Waals surface area contributed by atoms with Gasteiger partial charge in [0.15, 0.2) is 0 Å². The number of piperidine rings is 2. The van der Waals surface area contributed by atoms with Crippen LogP contribution in [0, 0.1) is 11.8 Å². The summed E-state index contributed by atoms with van der Waals surface area (Å²) in [6, 6.07) is 12.0. The predicted octanol–water partition coefficient (Wildman–Crippen LogP) is 7.50. The van der Waals surface area contributed by atoms with Crippen LogP contribution in [0.25, 0.3) is 11.1 Å². The average Bonchev–Trinajstić information content (AvgIpc) is 3.50. The maximum Gasteiger partial charge on any atom is 0.416 e. The molecule has 2 aromatic carbocycles. The Hall–Kier alpha value is -3.20. The number of amides is 2. The summed E-state index contributed by atoms with van der Waals surface area (Å²) in [4.78, 5) is 35.3. The van der Waals surface area contributed by atoms with E-state index in [9.17, 15) is 22.8 Å². The second-order valence-electron chi connectivity index (χ2n) is 11.6. The van der Waals surface area contributed by atoms with E-state index >= 15 is 0 Å². The summed E-state index contributed by atoms with van der Waals surface area (Å²) in [5, 5.41) is 2.85. The van der Waals surface area contributed by atoms with Crippen LogP contribution in [0.3, 0.4) is 0 Å². The Bertz CT molecular complexity index is 1400. The predicted molar refractivity (Wildman–Crippen MR) is 153 cm³/mol. The third-order valence-corrected chi connectivity index (χ3v) is 10.1. The summed E-state index contributed by atoms with van der Waals surface area (Å²) in [6.45, 7) is 2.79. The number of benzene rings is 2. The van der Waals surface area contributed by atoms with Crippen LogP contribution in [0.1, 0.15) is 82.3 Å². The van der Waals surface area contributed by atoms with Crippen LogP contribution in [0.4, 0.5) is 13.2 Å². The van der Waals surface area contributed by atoms with Crippen molar-refractivity contribution in [3.63, 3.8) is 0 Å². The Morgan fingerprint density at radius 1 is 0.805 bits per heavy atom. The van der Waals surface area contributed by atoms with Crippen LogP contribution in [-0.4, -0.2) is 52.8 Å². The molecular formula is C32H34F3N3O2S.